The lowest BCUT2D eigenvalue weighted by molar-refractivity contribution is -0.119. The zero-order valence-electron chi connectivity index (χ0n) is 12.9. The van der Waals surface area contributed by atoms with E-state index in [0.29, 0.717) is 19.0 Å². The summed E-state index contributed by atoms with van der Waals surface area (Å²) in [6.45, 7) is 2.95. The molecule has 5 heteroatoms. The van der Waals surface area contributed by atoms with Gasteiger partial charge in [0.2, 0.25) is 5.91 Å². The molecule has 0 spiro atoms. The standard InChI is InChI=1S/C17H23N3O2/c1-12(21)18-14-7-9-20(10-8-14)17(22)19-16-11-15(16)13-5-3-2-4-6-13/h2-6,14-16H,7-11H2,1H3,(H,18,21)(H,19,22). The fourth-order valence-corrected chi connectivity index (χ4v) is 3.19. The van der Waals surface area contributed by atoms with Crippen molar-refractivity contribution >= 4 is 11.9 Å². The average Bonchev–Trinajstić information content (AvgIpc) is 3.27. The Labute approximate surface area is 131 Å². The van der Waals surface area contributed by atoms with Gasteiger partial charge < -0.3 is 15.5 Å². The van der Waals surface area contributed by atoms with Crippen molar-refractivity contribution in [3.8, 4) is 0 Å². The molecule has 3 amide bonds. The number of rotatable bonds is 3. The van der Waals surface area contributed by atoms with Crippen LogP contribution in [0, 0.1) is 0 Å². The van der Waals surface area contributed by atoms with Crippen LogP contribution in [0.1, 0.15) is 37.7 Å². The number of nitrogens with zero attached hydrogens (tertiary/aromatic N) is 1. The third-order valence-corrected chi connectivity index (χ3v) is 4.52. The third kappa shape index (κ3) is 3.59. The molecule has 2 fully saturated rings. The Balaban J connectivity index is 1.43. The van der Waals surface area contributed by atoms with Crippen LogP contribution in [-0.4, -0.2) is 42.0 Å². The van der Waals surface area contributed by atoms with Gasteiger partial charge in [-0.15, -0.1) is 0 Å². The van der Waals surface area contributed by atoms with Gasteiger partial charge >= 0.3 is 6.03 Å². The summed E-state index contributed by atoms with van der Waals surface area (Å²) in [7, 11) is 0. The van der Waals surface area contributed by atoms with Crippen LogP contribution in [0.25, 0.3) is 0 Å². The van der Waals surface area contributed by atoms with E-state index in [1.807, 2.05) is 23.1 Å². The van der Waals surface area contributed by atoms with E-state index in [1.54, 1.807) is 0 Å². The highest BCUT2D eigenvalue weighted by atomic mass is 16.2. The summed E-state index contributed by atoms with van der Waals surface area (Å²) < 4.78 is 0. The fraction of sp³-hybridized carbons (Fsp3) is 0.529. The van der Waals surface area contributed by atoms with Crippen LogP contribution in [0.3, 0.4) is 0 Å². The normalized spacial score (nSPS) is 24.7. The molecule has 1 saturated carbocycles. The molecule has 118 valence electrons. The van der Waals surface area contributed by atoms with Crippen LogP contribution in [-0.2, 0) is 4.79 Å². The molecule has 3 rings (SSSR count). The van der Waals surface area contributed by atoms with Crippen LogP contribution >= 0.6 is 0 Å². The highest BCUT2D eigenvalue weighted by molar-refractivity contribution is 5.75. The molecule has 1 heterocycles. The van der Waals surface area contributed by atoms with Gasteiger partial charge in [-0.05, 0) is 24.8 Å². The molecule has 0 aromatic heterocycles. The van der Waals surface area contributed by atoms with Crippen LogP contribution in [0.5, 0.6) is 0 Å². The van der Waals surface area contributed by atoms with E-state index in [1.165, 1.54) is 12.5 Å². The van der Waals surface area contributed by atoms with Crippen molar-refractivity contribution in [1.29, 1.82) is 0 Å². The lowest BCUT2D eigenvalue weighted by Crippen LogP contribution is -2.49. The molecule has 22 heavy (non-hydrogen) atoms. The summed E-state index contributed by atoms with van der Waals surface area (Å²) in [5.41, 5.74) is 1.30. The van der Waals surface area contributed by atoms with Crippen molar-refractivity contribution in [1.82, 2.24) is 15.5 Å². The number of amides is 3. The molecule has 2 unspecified atom stereocenters. The summed E-state index contributed by atoms with van der Waals surface area (Å²) in [5.74, 6) is 0.466. The van der Waals surface area contributed by atoms with Crippen LogP contribution in [0.15, 0.2) is 30.3 Å². The van der Waals surface area contributed by atoms with E-state index in [2.05, 4.69) is 22.8 Å². The SMILES string of the molecule is CC(=O)NC1CCN(C(=O)NC2CC2c2ccccc2)CC1. The first-order valence-electron chi connectivity index (χ1n) is 8.01. The molecule has 1 saturated heterocycles. The fourth-order valence-electron chi connectivity index (χ4n) is 3.19. The maximum absolute atomic E-state index is 12.3. The molecule has 1 aliphatic heterocycles. The van der Waals surface area contributed by atoms with Crippen molar-refractivity contribution in [2.75, 3.05) is 13.1 Å². The molecule has 2 aliphatic rings. The minimum Gasteiger partial charge on any atom is -0.353 e. The van der Waals surface area contributed by atoms with Crippen LogP contribution in [0.4, 0.5) is 4.79 Å². The first kappa shape index (κ1) is 14.9. The number of nitrogens with one attached hydrogen (secondary N) is 2. The summed E-state index contributed by atoms with van der Waals surface area (Å²) in [5, 5.41) is 6.05. The van der Waals surface area contributed by atoms with Crippen molar-refractivity contribution in [3.63, 3.8) is 0 Å². The van der Waals surface area contributed by atoms with Gasteiger partial charge in [0.25, 0.3) is 0 Å². The van der Waals surface area contributed by atoms with Gasteiger partial charge in [-0.25, -0.2) is 4.79 Å². The lowest BCUT2D eigenvalue weighted by Gasteiger charge is -2.32. The number of urea groups is 1. The number of hydrogen-bond donors (Lipinski definition) is 2. The highest BCUT2D eigenvalue weighted by Gasteiger charge is 2.40. The molecule has 1 aromatic rings. The largest absolute Gasteiger partial charge is 0.353 e. The second kappa shape index (κ2) is 6.38. The molecule has 0 bridgehead atoms. The van der Waals surface area contributed by atoms with E-state index < -0.39 is 0 Å². The van der Waals surface area contributed by atoms with Gasteiger partial charge in [0.1, 0.15) is 0 Å². The number of piperidine rings is 1. The summed E-state index contributed by atoms with van der Waals surface area (Å²) >= 11 is 0. The maximum atomic E-state index is 12.3. The number of carbonyl (C=O) groups is 2. The summed E-state index contributed by atoms with van der Waals surface area (Å²) in [6.07, 6.45) is 2.69. The second-order valence-electron chi connectivity index (χ2n) is 6.27. The Bertz CT molecular complexity index is 538. The Kier molecular flexibility index (Phi) is 4.32. The zero-order valence-corrected chi connectivity index (χ0v) is 12.9. The summed E-state index contributed by atoms with van der Waals surface area (Å²) in [4.78, 5) is 25.2. The number of benzene rings is 1. The molecule has 1 aliphatic carbocycles. The van der Waals surface area contributed by atoms with Gasteiger partial charge in [-0.3, -0.25) is 4.79 Å². The van der Waals surface area contributed by atoms with Crippen molar-refractivity contribution in [2.45, 2.75) is 44.2 Å². The quantitative estimate of drug-likeness (QED) is 0.895. The van der Waals surface area contributed by atoms with E-state index in [0.717, 1.165) is 19.3 Å². The maximum Gasteiger partial charge on any atom is 0.317 e. The Hall–Kier alpha value is -2.04. The Morgan fingerprint density at radius 1 is 1.09 bits per heavy atom. The average molecular weight is 301 g/mol. The van der Waals surface area contributed by atoms with E-state index in [-0.39, 0.29) is 24.0 Å². The van der Waals surface area contributed by atoms with Gasteiger partial charge in [-0.1, -0.05) is 30.3 Å². The molecule has 0 radical (unpaired) electrons. The zero-order chi connectivity index (χ0) is 15.5. The summed E-state index contributed by atoms with van der Waals surface area (Å²) in [6, 6.07) is 10.8. The van der Waals surface area contributed by atoms with Crippen LogP contribution < -0.4 is 10.6 Å². The lowest BCUT2D eigenvalue weighted by atomic mass is 10.1. The molecular formula is C17H23N3O2. The monoisotopic (exact) mass is 301 g/mol. The molecular weight excluding hydrogens is 278 g/mol. The smallest absolute Gasteiger partial charge is 0.317 e. The molecule has 2 atom stereocenters. The number of likely N-dealkylation sites (tertiary alicyclic amines) is 1. The predicted molar refractivity (Wildman–Crippen MR) is 84.5 cm³/mol. The molecule has 2 N–H and O–H groups in total. The van der Waals surface area contributed by atoms with Crippen molar-refractivity contribution in [2.24, 2.45) is 0 Å². The molecule has 1 aromatic carbocycles. The first-order valence-corrected chi connectivity index (χ1v) is 8.01. The third-order valence-electron chi connectivity index (χ3n) is 4.52. The van der Waals surface area contributed by atoms with E-state index >= 15 is 0 Å². The Morgan fingerprint density at radius 3 is 2.41 bits per heavy atom. The van der Waals surface area contributed by atoms with Gasteiger partial charge in [0, 0.05) is 38.0 Å². The number of hydrogen-bond acceptors (Lipinski definition) is 2. The Morgan fingerprint density at radius 2 is 1.77 bits per heavy atom. The van der Waals surface area contributed by atoms with Gasteiger partial charge in [0.15, 0.2) is 0 Å². The second-order valence-corrected chi connectivity index (χ2v) is 6.27. The van der Waals surface area contributed by atoms with Crippen molar-refractivity contribution in [3.05, 3.63) is 35.9 Å². The molecule has 5 nitrogen and oxygen atoms in total. The first-order chi connectivity index (χ1) is 10.6. The van der Waals surface area contributed by atoms with Crippen molar-refractivity contribution < 1.29 is 9.59 Å². The minimum absolute atomic E-state index is 0.00610. The van der Waals surface area contributed by atoms with Crippen LogP contribution in [0.2, 0.25) is 0 Å². The van der Waals surface area contributed by atoms with E-state index in [4.69, 9.17) is 0 Å². The van der Waals surface area contributed by atoms with Gasteiger partial charge in [-0.2, -0.15) is 0 Å². The topological polar surface area (TPSA) is 61.4 Å². The predicted octanol–water partition coefficient (Wildman–Crippen LogP) is 1.85. The highest BCUT2D eigenvalue weighted by Crippen LogP contribution is 2.40. The number of carbonyl (C=O) groups excluding carboxylic acids is 2. The van der Waals surface area contributed by atoms with Gasteiger partial charge in [0.05, 0.1) is 0 Å². The van der Waals surface area contributed by atoms with E-state index in [9.17, 15) is 9.59 Å². The minimum atomic E-state index is 0.00610.